The van der Waals surface area contributed by atoms with Crippen LogP contribution in [0.25, 0.3) is 0 Å². The molecule has 0 aliphatic carbocycles. The Hall–Kier alpha value is -2.83. The highest BCUT2D eigenvalue weighted by Gasteiger charge is 2.15. The van der Waals surface area contributed by atoms with E-state index < -0.39 is 23.4 Å². The lowest BCUT2D eigenvalue weighted by Crippen LogP contribution is -2.14. The van der Waals surface area contributed by atoms with E-state index in [9.17, 15) is 18.0 Å². The quantitative estimate of drug-likeness (QED) is 0.317. The molecule has 2 aromatic carbocycles. The van der Waals surface area contributed by atoms with Crippen LogP contribution in [0.15, 0.2) is 29.3 Å². The van der Waals surface area contributed by atoms with Gasteiger partial charge in [-0.2, -0.15) is 0 Å². The molecule has 0 amide bonds. The maximum atomic E-state index is 13.2. The largest absolute Gasteiger partial charge is 0.457 e. The Labute approximate surface area is 156 Å². The van der Waals surface area contributed by atoms with Gasteiger partial charge >= 0.3 is 5.97 Å². The summed E-state index contributed by atoms with van der Waals surface area (Å²) in [7, 11) is 1.90. The normalized spacial score (nSPS) is 11.1. The lowest BCUT2D eigenvalue weighted by molar-refractivity contribution is 0.0470. The average Bonchev–Trinajstić information content (AvgIpc) is 2.63. The molecule has 0 saturated heterocycles. The van der Waals surface area contributed by atoms with Gasteiger partial charge in [-0.25, -0.2) is 23.0 Å². The van der Waals surface area contributed by atoms with Crippen molar-refractivity contribution in [2.75, 3.05) is 13.6 Å². The minimum atomic E-state index is -1.55. The van der Waals surface area contributed by atoms with E-state index in [2.05, 4.69) is 4.99 Å². The van der Waals surface area contributed by atoms with Gasteiger partial charge in [0, 0.05) is 13.6 Å². The van der Waals surface area contributed by atoms with Crippen LogP contribution in [0.2, 0.25) is 0 Å². The Bertz CT molecular complexity index is 859. The van der Waals surface area contributed by atoms with Gasteiger partial charge in [0.2, 0.25) is 0 Å². The van der Waals surface area contributed by atoms with Crippen molar-refractivity contribution >= 4 is 18.0 Å². The summed E-state index contributed by atoms with van der Waals surface area (Å²) >= 11 is 0. The molecule has 0 unspecified atom stereocenters. The standard InChI is InChI=1S/C20H21F3N2O2/c1-5-25(4)11-24-18-7-12(2)15(6-13(18)3)20(26)27-10-14-8-16(21)19(23)17(22)9-14/h6-9,11H,5,10H2,1-4H3/b24-11+. The predicted octanol–water partition coefficient (Wildman–Crippen LogP) is 4.69. The third-order valence-corrected chi connectivity index (χ3v) is 4.07. The number of aryl methyl sites for hydroxylation is 2. The Balaban J connectivity index is 2.15. The van der Waals surface area contributed by atoms with E-state index in [0.29, 0.717) is 11.1 Å². The summed E-state index contributed by atoms with van der Waals surface area (Å²) in [6, 6.07) is 5.02. The minimum absolute atomic E-state index is 0.0259. The highest BCUT2D eigenvalue weighted by atomic mass is 19.2. The number of ether oxygens (including phenoxy) is 1. The number of nitrogens with zero attached hydrogens (tertiary/aromatic N) is 2. The molecular formula is C20H21F3N2O2. The summed E-state index contributed by atoms with van der Waals surface area (Å²) in [5.74, 6) is -4.84. The number of hydrogen-bond donors (Lipinski definition) is 0. The van der Waals surface area contributed by atoms with Crippen molar-refractivity contribution in [3.63, 3.8) is 0 Å². The van der Waals surface area contributed by atoms with Crippen LogP contribution in [0.1, 0.15) is 34.0 Å². The number of hydrogen-bond acceptors (Lipinski definition) is 3. The van der Waals surface area contributed by atoms with Gasteiger partial charge in [0.05, 0.1) is 17.6 Å². The van der Waals surface area contributed by atoms with Crippen molar-refractivity contribution in [2.45, 2.75) is 27.4 Å². The van der Waals surface area contributed by atoms with Gasteiger partial charge in [0.1, 0.15) is 6.61 Å². The molecule has 0 saturated carbocycles. The SMILES string of the molecule is CCN(C)/C=N/c1cc(C)c(C(=O)OCc2cc(F)c(F)c(F)c2)cc1C. The molecule has 0 N–H and O–H groups in total. The number of esters is 1. The van der Waals surface area contributed by atoms with E-state index in [1.165, 1.54) is 0 Å². The molecule has 144 valence electrons. The zero-order chi connectivity index (χ0) is 20.1. The lowest BCUT2D eigenvalue weighted by atomic mass is 10.0. The second kappa shape index (κ2) is 8.70. The van der Waals surface area contributed by atoms with Crippen molar-refractivity contribution < 1.29 is 22.7 Å². The summed E-state index contributed by atoms with van der Waals surface area (Å²) in [4.78, 5) is 18.6. The van der Waals surface area contributed by atoms with Crippen LogP contribution in [0, 0.1) is 31.3 Å². The van der Waals surface area contributed by atoms with Crippen LogP contribution in [0.5, 0.6) is 0 Å². The van der Waals surface area contributed by atoms with Crippen LogP contribution >= 0.6 is 0 Å². The van der Waals surface area contributed by atoms with Gasteiger partial charge in [-0.1, -0.05) is 0 Å². The zero-order valence-electron chi connectivity index (χ0n) is 15.6. The van der Waals surface area contributed by atoms with Gasteiger partial charge in [0.25, 0.3) is 0 Å². The molecule has 7 heteroatoms. The van der Waals surface area contributed by atoms with Crippen molar-refractivity contribution in [1.29, 1.82) is 0 Å². The molecule has 0 spiro atoms. The van der Waals surface area contributed by atoms with E-state index in [4.69, 9.17) is 4.74 Å². The minimum Gasteiger partial charge on any atom is -0.457 e. The lowest BCUT2D eigenvalue weighted by Gasteiger charge is -2.12. The molecule has 0 bridgehead atoms. The number of aliphatic imine (C=N–C) groups is 1. The van der Waals surface area contributed by atoms with Gasteiger partial charge in [0.15, 0.2) is 17.5 Å². The molecule has 0 radical (unpaired) electrons. The molecule has 0 aromatic heterocycles. The smallest absolute Gasteiger partial charge is 0.338 e. The Morgan fingerprint density at radius 1 is 1.11 bits per heavy atom. The van der Waals surface area contributed by atoms with Crippen molar-refractivity contribution in [2.24, 2.45) is 4.99 Å². The molecule has 0 heterocycles. The Kier molecular flexibility index (Phi) is 6.60. The van der Waals surface area contributed by atoms with Gasteiger partial charge in [-0.3, -0.25) is 0 Å². The summed E-state index contributed by atoms with van der Waals surface area (Å²) in [6.07, 6.45) is 1.71. The first-order valence-electron chi connectivity index (χ1n) is 8.39. The van der Waals surface area contributed by atoms with E-state index in [0.717, 1.165) is 29.9 Å². The summed E-state index contributed by atoms with van der Waals surface area (Å²) in [5.41, 5.74) is 2.53. The highest BCUT2D eigenvalue weighted by Crippen LogP contribution is 2.24. The van der Waals surface area contributed by atoms with E-state index in [-0.39, 0.29) is 12.2 Å². The molecule has 2 aromatic rings. The fraction of sp³-hybridized carbons (Fsp3) is 0.300. The number of benzene rings is 2. The predicted molar refractivity (Wildman–Crippen MR) is 97.8 cm³/mol. The third kappa shape index (κ3) is 5.09. The summed E-state index contributed by atoms with van der Waals surface area (Å²) in [6.45, 7) is 6.01. The van der Waals surface area contributed by atoms with Crippen LogP contribution in [-0.2, 0) is 11.3 Å². The molecule has 4 nitrogen and oxygen atoms in total. The first-order valence-corrected chi connectivity index (χ1v) is 8.39. The Morgan fingerprint density at radius 2 is 1.74 bits per heavy atom. The molecule has 0 aliphatic rings. The number of carbonyl (C=O) groups is 1. The molecule has 27 heavy (non-hydrogen) atoms. The zero-order valence-corrected chi connectivity index (χ0v) is 15.6. The Morgan fingerprint density at radius 3 is 2.33 bits per heavy atom. The van der Waals surface area contributed by atoms with Gasteiger partial charge in [-0.05, 0) is 61.7 Å². The highest BCUT2D eigenvalue weighted by molar-refractivity contribution is 5.92. The first kappa shape index (κ1) is 20.5. The molecule has 0 aliphatic heterocycles. The topological polar surface area (TPSA) is 41.9 Å². The molecular weight excluding hydrogens is 357 g/mol. The van der Waals surface area contributed by atoms with Crippen LogP contribution in [0.3, 0.4) is 0 Å². The van der Waals surface area contributed by atoms with Crippen molar-refractivity contribution in [1.82, 2.24) is 4.90 Å². The fourth-order valence-corrected chi connectivity index (χ4v) is 2.32. The van der Waals surface area contributed by atoms with E-state index in [1.54, 1.807) is 25.4 Å². The van der Waals surface area contributed by atoms with E-state index >= 15 is 0 Å². The van der Waals surface area contributed by atoms with Crippen molar-refractivity contribution in [3.8, 4) is 0 Å². The number of rotatable bonds is 6. The molecule has 0 atom stereocenters. The average molecular weight is 378 g/mol. The van der Waals surface area contributed by atoms with E-state index in [1.807, 2.05) is 25.8 Å². The van der Waals surface area contributed by atoms with Crippen LogP contribution < -0.4 is 0 Å². The maximum absolute atomic E-state index is 13.2. The summed E-state index contributed by atoms with van der Waals surface area (Å²) in [5, 5.41) is 0. The van der Waals surface area contributed by atoms with Gasteiger partial charge < -0.3 is 9.64 Å². The first-order chi connectivity index (χ1) is 12.7. The number of carbonyl (C=O) groups excluding carboxylic acids is 1. The second-order valence-corrected chi connectivity index (χ2v) is 6.22. The van der Waals surface area contributed by atoms with Gasteiger partial charge in [-0.15, -0.1) is 0 Å². The van der Waals surface area contributed by atoms with Crippen LogP contribution in [0.4, 0.5) is 18.9 Å². The number of halogens is 3. The third-order valence-electron chi connectivity index (χ3n) is 4.07. The fourth-order valence-electron chi connectivity index (χ4n) is 2.32. The molecule has 0 fully saturated rings. The second-order valence-electron chi connectivity index (χ2n) is 6.22. The van der Waals surface area contributed by atoms with Crippen molar-refractivity contribution in [3.05, 3.63) is 64.0 Å². The van der Waals surface area contributed by atoms with Crippen LogP contribution in [-0.4, -0.2) is 30.8 Å². The maximum Gasteiger partial charge on any atom is 0.338 e. The molecule has 2 rings (SSSR count). The summed E-state index contributed by atoms with van der Waals surface area (Å²) < 4.78 is 44.5. The monoisotopic (exact) mass is 378 g/mol.